The lowest BCUT2D eigenvalue weighted by Gasteiger charge is -2.22. The lowest BCUT2D eigenvalue weighted by Crippen LogP contribution is -2.43. The van der Waals surface area contributed by atoms with Gasteiger partial charge in [-0.2, -0.15) is 0 Å². The molecule has 0 atom stereocenters. The van der Waals surface area contributed by atoms with E-state index in [1.165, 1.54) is 0 Å². The molecule has 0 aliphatic heterocycles. The normalized spacial score (nSPS) is 15.4. The van der Waals surface area contributed by atoms with Gasteiger partial charge >= 0.3 is 0 Å². The number of benzene rings is 1. The molecule has 0 radical (unpaired) electrons. The van der Waals surface area contributed by atoms with Crippen LogP contribution in [0.1, 0.15) is 18.4 Å². The number of carbonyl (C=O) groups is 1. The summed E-state index contributed by atoms with van der Waals surface area (Å²) in [6.07, 6.45) is 1.57. The van der Waals surface area contributed by atoms with Gasteiger partial charge in [0.05, 0.1) is 12.6 Å². The van der Waals surface area contributed by atoms with Gasteiger partial charge in [0, 0.05) is 23.6 Å². The lowest BCUT2D eigenvalue weighted by atomic mass is 10.1. The molecule has 1 aromatic rings. The quantitative estimate of drug-likeness (QED) is 0.907. The highest BCUT2D eigenvalue weighted by Crippen LogP contribution is 2.34. The van der Waals surface area contributed by atoms with Crippen LogP contribution in [-0.2, 0) is 11.3 Å². The van der Waals surface area contributed by atoms with Gasteiger partial charge < -0.3 is 15.4 Å². The minimum atomic E-state index is -0.617. The van der Waals surface area contributed by atoms with Gasteiger partial charge in [-0.05, 0) is 31.0 Å². The Kier molecular flexibility index (Phi) is 5.24. The van der Waals surface area contributed by atoms with Gasteiger partial charge in [0.15, 0.2) is 0 Å². The first-order chi connectivity index (χ1) is 8.46. The Hall–Kier alpha value is -0.780. The molecule has 0 spiro atoms. The van der Waals surface area contributed by atoms with E-state index in [2.05, 4.69) is 15.9 Å². The SMILES string of the molecule is COc1ccc(Br)cc1CN(C)C(=O)C1(N)CC1.Cl. The fourth-order valence-electron chi connectivity index (χ4n) is 1.93. The van der Waals surface area contributed by atoms with Crippen molar-refractivity contribution in [2.45, 2.75) is 24.9 Å². The number of rotatable bonds is 4. The van der Waals surface area contributed by atoms with Crippen LogP contribution in [0.5, 0.6) is 5.75 Å². The standard InChI is InChI=1S/C13H17BrN2O2.ClH/c1-16(12(17)13(15)5-6-13)8-9-7-10(14)3-4-11(9)18-2;/h3-4,7H,5-6,8,15H2,1-2H3;1H. The largest absolute Gasteiger partial charge is 0.496 e. The maximum absolute atomic E-state index is 12.1. The number of likely N-dealkylation sites (N-methyl/N-ethyl adjacent to an activating group) is 1. The summed E-state index contributed by atoms with van der Waals surface area (Å²) in [5.74, 6) is 0.782. The molecule has 1 saturated carbocycles. The molecular weight excluding hydrogens is 332 g/mol. The Morgan fingerprint density at radius 2 is 2.16 bits per heavy atom. The second-order valence-electron chi connectivity index (χ2n) is 4.77. The fourth-order valence-corrected chi connectivity index (χ4v) is 2.34. The molecule has 2 rings (SSSR count). The lowest BCUT2D eigenvalue weighted by molar-refractivity contribution is -0.132. The van der Waals surface area contributed by atoms with Gasteiger partial charge in [-0.1, -0.05) is 15.9 Å². The van der Waals surface area contributed by atoms with E-state index in [1.807, 2.05) is 18.2 Å². The molecular formula is C13H18BrClN2O2. The molecule has 19 heavy (non-hydrogen) atoms. The van der Waals surface area contributed by atoms with Crippen molar-refractivity contribution in [3.8, 4) is 5.75 Å². The van der Waals surface area contributed by atoms with Crippen molar-refractivity contribution in [1.82, 2.24) is 4.90 Å². The van der Waals surface area contributed by atoms with E-state index in [4.69, 9.17) is 10.5 Å². The van der Waals surface area contributed by atoms with E-state index in [9.17, 15) is 4.79 Å². The molecule has 1 amide bonds. The van der Waals surface area contributed by atoms with E-state index >= 15 is 0 Å². The highest BCUT2D eigenvalue weighted by atomic mass is 79.9. The molecule has 1 aliphatic carbocycles. The third kappa shape index (κ3) is 3.61. The van der Waals surface area contributed by atoms with Crippen molar-refractivity contribution in [3.63, 3.8) is 0 Å². The van der Waals surface area contributed by atoms with E-state index < -0.39 is 5.54 Å². The van der Waals surface area contributed by atoms with Crippen LogP contribution in [0, 0.1) is 0 Å². The molecule has 0 heterocycles. The van der Waals surface area contributed by atoms with Gasteiger partial charge in [-0.15, -0.1) is 12.4 Å². The Bertz CT molecular complexity index is 478. The van der Waals surface area contributed by atoms with Crippen LogP contribution in [0.3, 0.4) is 0 Å². The van der Waals surface area contributed by atoms with E-state index in [0.717, 1.165) is 28.6 Å². The second-order valence-corrected chi connectivity index (χ2v) is 5.69. The van der Waals surface area contributed by atoms with E-state index in [1.54, 1.807) is 19.1 Å². The van der Waals surface area contributed by atoms with Gasteiger partial charge in [0.1, 0.15) is 5.75 Å². The zero-order valence-corrected chi connectivity index (χ0v) is 13.4. The number of nitrogens with two attached hydrogens (primary N) is 1. The number of amides is 1. The van der Waals surface area contributed by atoms with Gasteiger partial charge in [0.25, 0.3) is 0 Å². The van der Waals surface area contributed by atoms with Gasteiger partial charge in [0.2, 0.25) is 5.91 Å². The van der Waals surface area contributed by atoms with Crippen LogP contribution in [0.2, 0.25) is 0 Å². The predicted octanol–water partition coefficient (Wildman–Crippen LogP) is 2.33. The monoisotopic (exact) mass is 348 g/mol. The van der Waals surface area contributed by atoms with Crippen molar-refractivity contribution < 1.29 is 9.53 Å². The van der Waals surface area contributed by atoms with Crippen molar-refractivity contribution >= 4 is 34.2 Å². The topological polar surface area (TPSA) is 55.6 Å². The molecule has 2 N–H and O–H groups in total. The van der Waals surface area contributed by atoms with Crippen LogP contribution in [-0.4, -0.2) is 30.5 Å². The Morgan fingerprint density at radius 1 is 1.53 bits per heavy atom. The third-order valence-corrected chi connectivity index (χ3v) is 3.70. The number of hydrogen-bond acceptors (Lipinski definition) is 3. The minimum absolute atomic E-state index is 0. The van der Waals surface area contributed by atoms with Crippen molar-refractivity contribution in [2.75, 3.05) is 14.2 Å². The van der Waals surface area contributed by atoms with Crippen molar-refractivity contribution in [1.29, 1.82) is 0 Å². The first-order valence-electron chi connectivity index (χ1n) is 5.83. The molecule has 6 heteroatoms. The minimum Gasteiger partial charge on any atom is -0.496 e. The summed E-state index contributed by atoms with van der Waals surface area (Å²) in [4.78, 5) is 13.7. The molecule has 1 aromatic carbocycles. The zero-order chi connectivity index (χ0) is 13.3. The average molecular weight is 350 g/mol. The molecule has 106 valence electrons. The van der Waals surface area contributed by atoms with Crippen molar-refractivity contribution in [2.24, 2.45) is 5.73 Å². The Morgan fingerprint density at radius 3 is 2.68 bits per heavy atom. The maximum atomic E-state index is 12.1. The number of nitrogens with zero attached hydrogens (tertiary/aromatic N) is 1. The van der Waals surface area contributed by atoms with E-state index in [-0.39, 0.29) is 18.3 Å². The molecule has 1 fully saturated rings. The van der Waals surface area contributed by atoms with E-state index in [0.29, 0.717) is 6.54 Å². The average Bonchev–Trinajstić information content (AvgIpc) is 3.08. The van der Waals surface area contributed by atoms with Crippen LogP contribution in [0.15, 0.2) is 22.7 Å². The highest BCUT2D eigenvalue weighted by molar-refractivity contribution is 9.10. The number of hydrogen-bond donors (Lipinski definition) is 1. The van der Waals surface area contributed by atoms with Crippen LogP contribution >= 0.6 is 28.3 Å². The molecule has 0 aromatic heterocycles. The van der Waals surface area contributed by atoms with Gasteiger partial charge in [-0.25, -0.2) is 0 Å². The van der Waals surface area contributed by atoms with Gasteiger partial charge in [-0.3, -0.25) is 4.79 Å². The zero-order valence-electron chi connectivity index (χ0n) is 11.0. The van der Waals surface area contributed by atoms with Crippen molar-refractivity contribution in [3.05, 3.63) is 28.2 Å². The van der Waals surface area contributed by atoms with Crippen LogP contribution in [0.4, 0.5) is 0 Å². The highest BCUT2D eigenvalue weighted by Gasteiger charge is 2.47. The Balaban J connectivity index is 0.00000180. The number of ether oxygens (including phenoxy) is 1. The van der Waals surface area contributed by atoms with Crippen LogP contribution in [0.25, 0.3) is 0 Å². The number of halogens is 2. The predicted molar refractivity (Wildman–Crippen MR) is 80.6 cm³/mol. The fraction of sp³-hybridized carbons (Fsp3) is 0.462. The summed E-state index contributed by atoms with van der Waals surface area (Å²) in [6, 6.07) is 5.75. The second kappa shape index (κ2) is 6.11. The first-order valence-corrected chi connectivity index (χ1v) is 6.62. The summed E-state index contributed by atoms with van der Waals surface area (Å²) < 4.78 is 6.26. The molecule has 0 unspecified atom stereocenters. The number of methoxy groups -OCH3 is 1. The molecule has 0 bridgehead atoms. The Labute approximate surface area is 127 Å². The first kappa shape index (κ1) is 16.3. The maximum Gasteiger partial charge on any atom is 0.242 e. The summed E-state index contributed by atoms with van der Waals surface area (Å²) in [5, 5.41) is 0. The van der Waals surface area contributed by atoms with Crippen LogP contribution < -0.4 is 10.5 Å². The molecule has 4 nitrogen and oxygen atoms in total. The third-order valence-electron chi connectivity index (χ3n) is 3.21. The smallest absolute Gasteiger partial charge is 0.242 e. The summed E-state index contributed by atoms with van der Waals surface area (Å²) >= 11 is 3.42. The molecule has 1 aliphatic rings. The molecule has 0 saturated heterocycles. The summed E-state index contributed by atoms with van der Waals surface area (Å²) in [6.45, 7) is 0.500. The number of carbonyl (C=O) groups excluding carboxylic acids is 1. The summed E-state index contributed by atoms with van der Waals surface area (Å²) in [7, 11) is 3.40. The summed E-state index contributed by atoms with van der Waals surface area (Å²) in [5.41, 5.74) is 6.26.